The van der Waals surface area contributed by atoms with Crippen molar-refractivity contribution in [1.82, 2.24) is 20.3 Å². The van der Waals surface area contributed by atoms with E-state index in [0.717, 1.165) is 22.0 Å². The molecule has 0 saturated heterocycles. The highest BCUT2D eigenvalue weighted by atomic mass is 32.2. The highest BCUT2D eigenvalue weighted by molar-refractivity contribution is 8.00. The molecule has 2 heterocycles. The predicted molar refractivity (Wildman–Crippen MR) is 93.0 cm³/mol. The second kappa shape index (κ2) is 7.74. The van der Waals surface area contributed by atoms with Crippen LogP contribution in [0, 0.1) is 13.8 Å². The zero-order valence-corrected chi connectivity index (χ0v) is 15.2. The van der Waals surface area contributed by atoms with Crippen LogP contribution >= 0.6 is 23.1 Å². The van der Waals surface area contributed by atoms with Gasteiger partial charge in [-0.3, -0.25) is 9.59 Å². The molecule has 0 fully saturated rings. The van der Waals surface area contributed by atoms with Crippen LogP contribution < -0.4 is 10.9 Å². The molecule has 0 radical (unpaired) electrons. The summed E-state index contributed by atoms with van der Waals surface area (Å²) in [4.78, 5) is 36.0. The largest absolute Gasteiger partial charge is 0.350 e. The number of amides is 1. The van der Waals surface area contributed by atoms with E-state index >= 15 is 0 Å². The predicted octanol–water partition coefficient (Wildman–Crippen LogP) is 2.20. The lowest BCUT2D eigenvalue weighted by molar-refractivity contribution is -0.120. The van der Waals surface area contributed by atoms with Crippen molar-refractivity contribution in [1.29, 1.82) is 0 Å². The van der Waals surface area contributed by atoms with Gasteiger partial charge in [0.25, 0.3) is 5.56 Å². The molecule has 23 heavy (non-hydrogen) atoms. The first kappa shape index (κ1) is 17.7. The molecule has 2 aromatic rings. The van der Waals surface area contributed by atoms with Gasteiger partial charge in [-0.2, -0.15) is 0 Å². The second-order valence-electron chi connectivity index (χ2n) is 5.14. The molecule has 0 aliphatic heterocycles. The minimum atomic E-state index is -0.348. The van der Waals surface area contributed by atoms with E-state index in [2.05, 4.69) is 27.2 Å². The fourth-order valence-electron chi connectivity index (χ4n) is 1.94. The third-order valence-corrected chi connectivity index (χ3v) is 5.45. The molecule has 1 unspecified atom stereocenters. The Kier molecular flexibility index (Phi) is 5.95. The molecule has 0 aromatic carbocycles. The number of hydrogen-bond acceptors (Lipinski definition) is 6. The van der Waals surface area contributed by atoms with E-state index in [4.69, 9.17) is 0 Å². The molecule has 124 valence electrons. The van der Waals surface area contributed by atoms with E-state index in [1.54, 1.807) is 25.2 Å². The first-order valence-corrected chi connectivity index (χ1v) is 9.06. The van der Waals surface area contributed by atoms with Crippen LogP contribution in [0.25, 0.3) is 0 Å². The van der Waals surface area contributed by atoms with Gasteiger partial charge in [0.2, 0.25) is 5.91 Å². The molecule has 0 saturated carbocycles. The van der Waals surface area contributed by atoms with Gasteiger partial charge in [-0.05, 0) is 27.2 Å². The molecule has 0 aliphatic carbocycles. The normalized spacial score (nSPS) is 12.2. The average molecular weight is 352 g/mol. The van der Waals surface area contributed by atoms with Crippen molar-refractivity contribution in [3.8, 4) is 0 Å². The van der Waals surface area contributed by atoms with Crippen molar-refractivity contribution >= 4 is 29.0 Å². The zero-order chi connectivity index (χ0) is 17.0. The number of nitrogens with one attached hydrogen (secondary N) is 2. The van der Waals surface area contributed by atoms with Crippen molar-refractivity contribution in [2.45, 2.75) is 51.1 Å². The summed E-state index contributed by atoms with van der Waals surface area (Å²) in [5, 5.41) is 4.11. The molecular weight excluding hydrogens is 332 g/mol. The minimum absolute atomic E-state index is 0.0926. The average Bonchev–Trinajstić information content (AvgIpc) is 2.84. The number of nitrogens with zero attached hydrogens (tertiary/aromatic N) is 2. The smallest absolute Gasteiger partial charge is 0.251 e. The van der Waals surface area contributed by atoms with E-state index in [1.165, 1.54) is 17.8 Å². The van der Waals surface area contributed by atoms with Gasteiger partial charge in [-0.25, -0.2) is 9.97 Å². The third kappa shape index (κ3) is 4.90. The van der Waals surface area contributed by atoms with Gasteiger partial charge < -0.3 is 10.3 Å². The van der Waals surface area contributed by atoms with E-state index in [9.17, 15) is 9.59 Å². The van der Waals surface area contributed by atoms with Crippen LogP contribution in [0.4, 0.5) is 0 Å². The number of rotatable bonds is 6. The van der Waals surface area contributed by atoms with Gasteiger partial charge in [0.15, 0.2) is 5.16 Å². The number of carbonyl (C=O) groups is 1. The lowest BCUT2D eigenvalue weighted by Crippen LogP contribution is -2.30. The first-order chi connectivity index (χ1) is 10.9. The number of aryl methyl sites for hydroxylation is 3. The number of thiazole rings is 1. The quantitative estimate of drug-likeness (QED) is 0.615. The number of aromatic nitrogens is 3. The van der Waals surface area contributed by atoms with Crippen LogP contribution in [0.3, 0.4) is 0 Å². The molecule has 2 aromatic heterocycles. The Balaban J connectivity index is 1.94. The molecule has 1 atom stereocenters. The third-order valence-electron chi connectivity index (χ3n) is 3.17. The molecule has 2 rings (SSSR count). The maximum atomic E-state index is 12.2. The van der Waals surface area contributed by atoms with Gasteiger partial charge >= 0.3 is 0 Å². The van der Waals surface area contributed by atoms with Gasteiger partial charge in [0, 0.05) is 16.6 Å². The fourth-order valence-corrected chi connectivity index (χ4v) is 3.77. The van der Waals surface area contributed by atoms with E-state index in [0.29, 0.717) is 17.4 Å². The van der Waals surface area contributed by atoms with E-state index < -0.39 is 0 Å². The summed E-state index contributed by atoms with van der Waals surface area (Å²) in [7, 11) is 0. The Labute approximate surface area is 143 Å². The van der Waals surface area contributed by atoms with Crippen LogP contribution in [0.1, 0.15) is 35.1 Å². The summed E-state index contributed by atoms with van der Waals surface area (Å²) in [5.74, 6) is -0.0926. The zero-order valence-electron chi connectivity index (χ0n) is 13.6. The topological polar surface area (TPSA) is 87.7 Å². The van der Waals surface area contributed by atoms with Gasteiger partial charge in [-0.1, -0.05) is 18.7 Å². The van der Waals surface area contributed by atoms with Crippen molar-refractivity contribution in [2.75, 3.05) is 0 Å². The molecule has 6 nitrogen and oxygen atoms in total. The van der Waals surface area contributed by atoms with Crippen LogP contribution in [-0.2, 0) is 17.8 Å². The van der Waals surface area contributed by atoms with Crippen molar-refractivity contribution < 1.29 is 4.79 Å². The van der Waals surface area contributed by atoms with Crippen molar-refractivity contribution in [2.24, 2.45) is 0 Å². The Hall–Kier alpha value is -1.67. The maximum absolute atomic E-state index is 12.2. The van der Waals surface area contributed by atoms with Gasteiger partial charge in [0.1, 0.15) is 0 Å². The summed E-state index contributed by atoms with van der Waals surface area (Å²) >= 11 is 2.87. The van der Waals surface area contributed by atoms with Crippen LogP contribution in [0.5, 0.6) is 0 Å². The lowest BCUT2D eigenvalue weighted by atomic mass is 10.3. The van der Waals surface area contributed by atoms with E-state index in [-0.39, 0.29) is 16.7 Å². The lowest BCUT2D eigenvalue weighted by Gasteiger charge is -2.11. The Bertz CT molecular complexity index is 754. The second-order valence-corrected chi connectivity index (χ2v) is 7.64. The molecule has 0 aliphatic rings. The molecule has 0 spiro atoms. The summed E-state index contributed by atoms with van der Waals surface area (Å²) < 4.78 is 0. The molecule has 1 amide bonds. The van der Waals surface area contributed by atoms with Crippen molar-refractivity contribution in [3.63, 3.8) is 0 Å². The number of aromatic amines is 1. The van der Waals surface area contributed by atoms with Gasteiger partial charge in [0.05, 0.1) is 22.5 Å². The van der Waals surface area contributed by atoms with Gasteiger partial charge in [-0.15, -0.1) is 11.3 Å². The van der Waals surface area contributed by atoms with Crippen LogP contribution in [0.15, 0.2) is 16.0 Å². The number of carbonyl (C=O) groups excluding carboxylic acids is 1. The van der Waals surface area contributed by atoms with Crippen LogP contribution in [-0.4, -0.2) is 26.1 Å². The first-order valence-electron chi connectivity index (χ1n) is 7.36. The fraction of sp³-hybridized carbons (Fsp3) is 0.467. The van der Waals surface area contributed by atoms with Crippen LogP contribution in [0.2, 0.25) is 0 Å². The summed E-state index contributed by atoms with van der Waals surface area (Å²) in [6, 6.07) is 1.42. The molecule has 8 heteroatoms. The Morgan fingerprint density at radius 1 is 1.43 bits per heavy atom. The highest BCUT2D eigenvalue weighted by Crippen LogP contribution is 2.20. The summed E-state index contributed by atoms with van der Waals surface area (Å²) in [6.45, 7) is 8.04. The maximum Gasteiger partial charge on any atom is 0.251 e. The van der Waals surface area contributed by atoms with Crippen molar-refractivity contribution in [3.05, 3.63) is 37.7 Å². The number of H-pyrrole nitrogens is 1. The summed E-state index contributed by atoms with van der Waals surface area (Å²) in [5.41, 5.74) is 1.40. The molecule has 2 N–H and O–H groups in total. The van der Waals surface area contributed by atoms with E-state index in [1.807, 2.05) is 6.92 Å². The number of thioether (sulfide) groups is 1. The Morgan fingerprint density at radius 2 is 2.17 bits per heavy atom. The SMILES string of the molecule is CCc1nc(C)c(CNC(=O)C(C)Sc2nc(C)cc(=O)[nH]2)s1. The number of hydrogen-bond donors (Lipinski definition) is 2. The minimum Gasteiger partial charge on any atom is -0.350 e. The molecular formula is C15H20N4O2S2. The Morgan fingerprint density at radius 3 is 2.78 bits per heavy atom. The monoisotopic (exact) mass is 352 g/mol. The summed E-state index contributed by atoms with van der Waals surface area (Å²) in [6.07, 6.45) is 0.901. The highest BCUT2D eigenvalue weighted by Gasteiger charge is 2.16. The molecule has 0 bridgehead atoms. The standard InChI is InChI=1S/C15H20N4O2S2/c1-5-13-18-9(3)11(23-13)7-16-14(21)10(4)22-15-17-8(2)6-12(20)19-15/h6,10H,5,7H2,1-4H3,(H,16,21)(H,17,19,20).